The summed E-state index contributed by atoms with van der Waals surface area (Å²) < 4.78 is 2.14. The van der Waals surface area contributed by atoms with Crippen molar-refractivity contribution in [2.24, 2.45) is 7.05 Å². The first kappa shape index (κ1) is 7.29. The molecule has 0 radical (unpaired) electrons. The molecule has 0 unspecified atom stereocenters. The van der Waals surface area contributed by atoms with Gasteiger partial charge in [0.25, 0.3) is 0 Å². The van der Waals surface area contributed by atoms with Gasteiger partial charge in [0, 0.05) is 17.5 Å². The van der Waals surface area contributed by atoms with Crippen LogP contribution < -0.4 is 4.57 Å². The zero-order valence-electron chi connectivity index (χ0n) is 7.41. The molecule has 0 atom stereocenters. The molecule has 0 amide bonds. The van der Waals surface area contributed by atoms with E-state index in [9.17, 15) is 0 Å². The molecule has 1 aromatic carbocycles. The monoisotopic (exact) mass is 158 g/mol. The number of pyridine rings is 1. The Hall–Kier alpha value is -1.37. The molecular formula is C11H12N+. The summed E-state index contributed by atoms with van der Waals surface area (Å²) >= 11 is 0. The van der Waals surface area contributed by atoms with Gasteiger partial charge in [0.1, 0.15) is 7.05 Å². The zero-order valence-corrected chi connectivity index (χ0v) is 7.41. The molecule has 0 saturated carbocycles. The minimum absolute atomic E-state index is 1.29. The van der Waals surface area contributed by atoms with Crippen LogP contribution in [0.1, 0.15) is 5.56 Å². The van der Waals surface area contributed by atoms with Crippen molar-refractivity contribution in [1.29, 1.82) is 0 Å². The molecule has 0 aliphatic carbocycles. The Kier molecular flexibility index (Phi) is 1.58. The second kappa shape index (κ2) is 2.59. The van der Waals surface area contributed by atoms with E-state index < -0.39 is 0 Å². The number of aryl methyl sites for hydroxylation is 2. The second-order valence-corrected chi connectivity index (χ2v) is 3.18. The quantitative estimate of drug-likeness (QED) is 0.516. The normalized spacial score (nSPS) is 10.5. The smallest absolute Gasteiger partial charge is 0.201 e. The highest BCUT2D eigenvalue weighted by molar-refractivity contribution is 5.75. The summed E-state index contributed by atoms with van der Waals surface area (Å²) in [6.45, 7) is 2.12. The lowest BCUT2D eigenvalue weighted by molar-refractivity contribution is -0.644. The minimum Gasteiger partial charge on any atom is -0.201 e. The van der Waals surface area contributed by atoms with Crippen LogP contribution in [0.2, 0.25) is 0 Å². The van der Waals surface area contributed by atoms with Crippen molar-refractivity contribution in [3.8, 4) is 0 Å². The first-order valence-corrected chi connectivity index (χ1v) is 4.12. The predicted octanol–water partition coefficient (Wildman–Crippen LogP) is 1.97. The summed E-state index contributed by atoms with van der Waals surface area (Å²) in [6, 6.07) is 10.7. The maximum Gasteiger partial charge on any atom is 0.212 e. The highest BCUT2D eigenvalue weighted by Gasteiger charge is 2.01. The van der Waals surface area contributed by atoms with Crippen molar-refractivity contribution in [3.05, 3.63) is 42.1 Å². The third kappa shape index (κ3) is 1.07. The van der Waals surface area contributed by atoms with Crippen LogP contribution in [0.15, 0.2) is 36.5 Å². The van der Waals surface area contributed by atoms with Gasteiger partial charge in [0.2, 0.25) is 5.52 Å². The van der Waals surface area contributed by atoms with Gasteiger partial charge in [-0.05, 0) is 24.6 Å². The fraction of sp³-hybridized carbons (Fsp3) is 0.182. The van der Waals surface area contributed by atoms with Crippen molar-refractivity contribution < 1.29 is 4.57 Å². The van der Waals surface area contributed by atoms with E-state index in [0.29, 0.717) is 0 Å². The predicted molar refractivity (Wildman–Crippen MR) is 49.9 cm³/mol. The Morgan fingerprint density at radius 2 is 2.00 bits per heavy atom. The van der Waals surface area contributed by atoms with Crippen LogP contribution in [0.4, 0.5) is 0 Å². The SMILES string of the molecule is Cc1ccc2ccc[n+](C)c2c1. The first-order chi connectivity index (χ1) is 5.77. The molecule has 1 heterocycles. The van der Waals surface area contributed by atoms with Crippen molar-refractivity contribution >= 4 is 10.9 Å². The van der Waals surface area contributed by atoms with Gasteiger partial charge in [0.05, 0.1) is 0 Å². The van der Waals surface area contributed by atoms with E-state index in [1.807, 2.05) is 0 Å². The van der Waals surface area contributed by atoms with Crippen LogP contribution in [-0.4, -0.2) is 0 Å². The maximum absolute atomic E-state index is 2.20. The summed E-state index contributed by atoms with van der Waals surface area (Å²) in [5, 5.41) is 1.30. The highest BCUT2D eigenvalue weighted by Crippen LogP contribution is 2.10. The zero-order chi connectivity index (χ0) is 8.55. The molecule has 0 spiro atoms. The molecule has 0 aliphatic heterocycles. The third-order valence-electron chi connectivity index (χ3n) is 2.15. The van der Waals surface area contributed by atoms with Crippen molar-refractivity contribution in [2.45, 2.75) is 6.92 Å². The van der Waals surface area contributed by atoms with E-state index >= 15 is 0 Å². The van der Waals surface area contributed by atoms with Crippen LogP contribution >= 0.6 is 0 Å². The Morgan fingerprint density at radius 3 is 2.83 bits per heavy atom. The van der Waals surface area contributed by atoms with Crippen molar-refractivity contribution in [1.82, 2.24) is 0 Å². The van der Waals surface area contributed by atoms with E-state index in [-0.39, 0.29) is 0 Å². The lowest BCUT2D eigenvalue weighted by Crippen LogP contribution is -2.27. The Labute approximate surface area is 72.3 Å². The highest BCUT2D eigenvalue weighted by atomic mass is 14.9. The molecule has 1 heteroatoms. The second-order valence-electron chi connectivity index (χ2n) is 3.18. The Balaban J connectivity index is 2.88. The lowest BCUT2D eigenvalue weighted by Gasteiger charge is -1.96. The first-order valence-electron chi connectivity index (χ1n) is 4.12. The van der Waals surface area contributed by atoms with Gasteiger partial charge < -0.3 is 0 Å². The van der Waals surface area contributed by atoms with Crippen LogP contribution in [0, 0.1) is 6.92 Å². The van der Waals surface area contributed by atoms with Gasteiger partial charge in [-0.3, -0.25) is 0 Å². The van der Waals surface area contributed by atoms with E-state index in [2.05, 4.69) is 55.1 Å². The molecule has 0 saturated heterocycles. The number of nitrogens with zero attached hydrogens (tertiary/aromatic N) is 1. The number of rotatable bonds is 0. The lowest BCUT2D eigenvalue weighted by atomic mass is 10.1. The van der Waals surface area contributed by atoms with Crippen LogP contribution in [-0.2, 0) is 7.05 Å². The Bertz CT molecular complexity index is 418. The van der Waals surface area contributed by atoms with Gasteiger partial charge in [0.15, 0.2) is 6.20 Å². The van der Waals surface area contributed by atoms with Gasteiger partial charge in [-0.2, -0.15) is 0 Å². The summed E-state index contributed by atoms with van der Waals surface area (Å²) in [5.74, 6) is 0. The molecule has 60 valence electrons. The molecular weight excluding hydrogens is 146 g/mol. The topological polar surface area (TPSA) is 3.88 Å². The van der Waals surface area contributed by atoms with E-state index in [0.717, 1.165) is 0 Å². The molecule has 1 aromatic heterocycles. The number of hydrogen-bond donors (Lipinski definition) is 0. The molecule has 0 fully saturated rings. The number of hydrogen-bond acceptors (Lipinski definition) is 0. The van der Waals surface area contributed by atoms with Crippen LogP contribution in [0.25, 0.3) is 10.9 Å². The third-order valence-corrected chi connectivity index (χ3v) is 2.15. The number of aromatic nitrogens is 1. The fourth-order valence-electron chi connectivity index (χ4n) is 1.46. The number of benzene rings is 1. The van der Waals surface area contributed by atoms with Crippen LogP contribution in [0.3, 0.4) is 0 Å². The van der Waals surface area contributed by atoms with Crippen LogP contribution in [0.5, 0.6) is 0 Å². The van der Waals surface area contributed by atoms with E-state index in [4.69, 9.17) is 0 Å². The molecule has 0 N–H and O–H groups in total. The minimum atomic E-state index is 1.29. The fourth-order valence-corrected chi connectivity index (χ4v) is 1.46. The van der Waals surface area contributed by atoms with Crippen molar-refractivity contribution in [2.75, 3.05) is 0 Å². The van der Waals surface area contributed by atoms with Crippen molar-refractivity contribution in [3.63, 3.8) is 0 Å². The molecule has 0 bridgehead atoms. The molecule has 2 aromatic rings. The average molecular weight is 158 g/mol. The summed E-state index contributed by atoms with van der Waals surface area (Å²) in [6.07, 6.45) is 2.07. The largest absolute Gasteiger partial charge is 0.212 e. The van der Waals surface area contributed by atoms with E-state index in [1.54, 1.807) is 0 Å². The number of fused-ring (bicyclic) bond motifs is 1. The average Bonchev–Trinajstić information content (AvgIpc) is 2.07. The maximum atomic E-state index is 2.20. The Morgan fingerprint density at radius 1 is 1.17 bits per heavy atom. The standard InChI is InChI=1S/C11H12N/c1-9-5-6-10-4-3-7-12(2)11(10)8-9/h3-8H,1-2H3/q+1. The molecule has 2 rings (SSSR count). The van der Waals surface area contributed by atoms with Gasteiger partial charge in [-0.25, -0.2) is 4.57 Å². The van der Waals surface area contributed by atoms with Gasteiger partial charge >= 0.3 is 0 Å². The van der Waals surface area contributed by atoms with E-state index in [1.165, 1.54) is 16.5 Å². The summed E-state index contributed by atoms with van der Waals surface area (Å²) in [4.78, 5) is 0. The van der Waals surface area contributed by atoms with Gasteiger partial charge in [-0.15, -0.1) is 0 Å². The molecule has 1 nitrogen and oxygen atoms in total. The van der Waals surface area contributed by atoms with Gasteiger partial charge in [-0.1, -0.05) is 6.07 Å². The summed E-state index contributed by atoms with van der Waals surface area (Å²) in [7, 11) is 2.07. The summed E-state index contributed by atoms with van der Waals surface area (Å²) in [5.41, 5.74) is 2.60. The molecule has 0 aliphatic rings. The molecule has 12 heavy (non-hydrogen) atoms.